The molecule has 0 aliphatic carbocycles. The molecule has 2 N–H and O–H groups in total. The van der Waals surface area contributed by atoms with E-state index in [9.17, 15) is 9.59 Å². The van der Waals surface area contributed by atoms with E-state index in [-0.39, 0.29) is 17.9 Å². The highest BCUT2D eigenvalue weighted by Crippen LogP contribution is 2.14. The van der Waals surface area contributed by atoms with Crippen LogP contribution in [0.2, 0.25) is 0 Å². The van der Waals surface area contributed by atoms with Crippen LogP contribution in [0.1, 0.15) is 35.1 Å². The molecule has 1 aromatic carbocycles. The molecule has 23 heavy (non-hydrogen) atoms. The molecular formula is C17H20N4O2. The van der Waals surface area contributed by atoms with Crippen molar-refractivity contribution < 1.29 is 9.59 Å². The molecule has 0 spiro atoms. The first-order chi connectivity index (χ1) is 11.1. The number of carbonyl (C=O) groups excluding carboxylic acids is 2. The average Bonchev–Trinajstić information content (AvgIpc) is 3.01. The Labute approximate surface area is 134 Å². The largest absolute Gasteiger partial charge is 0.352 e. The van der Waals surface area contributed by atoms with Crippen LogP contribution in [-0.2, 0) is 24.3 Å². The molecule has 0 radical (unpaired) electrons. The Bertz CT molecular complexity index is 706. The number of imidazole rings is 1. The molecule has 0 saturated carbocycles. The van der Waals surface area contributed by atoms with Crippen LogP contribution in [0.25, 0.3) is 0 Å². The highest BCUT2D eigenvalue weighted by atomic mass is 16.2. The summed E-state index contributed by atoms with van der Waals surface area (Å²) in [5.74, 6) is 0.949. The molecule has 6 heteroatoms. The van der Waals surface area contributed by atoms with Gasteiger partial charge in [-0.05, 0) is 24.1 Å². The van der Waals surface area contributed by atoms with E-state index in [2.05, 4.69) is 20.2 Å². The van der Waals surface area contributed by atoms with Crippen LogP contribution < -0.4 is 10.6 Å². The van der Waals surface area contributed by atoms with Gasteiger partial charge in [0, 0.05) is 50.4 Å². The molecule has 0 saturated heterocycles. The minimum atomic E-state index is -0.0667. The molecule has 1 unspecified atom stereocenters. The van der Waals surface area contributed by atoms with Crippen molar-refractivity contribution in [3.63, 3.8) is 0 Å². The van der Waals surface area contributed by atoms with Crippen molar-refractivity contribution in [2.24, 2.45) is 0 Å². The van der Waals surface area contributed by atoms with Gasteiger partial charge in [0.05, 0.1) is 0 Å². The third kappa shape index (κ3) is 3.77. The van der Waals surface area contributed by atoms with E-state index in [1.54, 1.807) is 18.3 Å². The van der Waals surface area contributed by atoms with Gasteiger partial charge in [-0.2, -0.15) is 0 Å². The smallest absolute Gasteiger partial charge is 0.251 e. The van der Waals surface area contributed by atoms with Gasteiger partial charge in [-0.1, -0.05) is 12.1 Å². The third-order valence-corrected chi connectivity index (χ3v) is 4.03. The van der Waals surface area contributed by atoms with Gasteiger partial charge >= 0.3 is 0 Å². The SMILES string of the molecule is CC(=O)NCc1ccc(C(=O)NC2CCc3nccn3C2)cc1. The predicted molar refractivity (Wildman–Crippen MR) is 85.8 cm³/mol. The highest BCUT2D eigenvalue weighted by Gasteiger charge is 2.20. The van der Waals surface area contributed by atoms with Gasteiger partial charge in [0.25, 0.3) is 5.91 Å². The molecule has 2 amide bonds. The first-order valence-corrected chi connectivity index (χ1v) is 7.76. The predicted octanol–water partition coefficient (Wildman–Crippen LogP) is 1.26. The number of rotatable bonds is 4. The molecule has 120 valence electrons. The van der Waals surface area contributed by atoms with Gasteiger partial charge in [-0.15, -0.1) is 0 Å². The van der Waals surface area contributed by atoms with Crippen LogP contribution in [0.4, 0.5) is 0 Å². The third-order valence-electron chi connectivity index (χ3n) is 4.03. The van der Waals surface area contributed by atoms with Crippen molar-refractivity contribution in [3.8, 4) is 0 Å². The average molecular weight is 312 g/mol. The van der Waals surface area contributed by atoms with Gasteiger partial charge in [0.2, 0.25) is 5.91 Å². The standard InChI is InChI=1S/C17H20N4O2/c1-12(22)19-10-13-2-4-14(5-3-13)17(23)20-15-6-7-16-18-8-9-21(16)11-15/h2-5,8-9,15H,6-7,10-11H2,1H3,(H,19,22)(H,20,23). The summed E-state index contributed by atoms with van der Waals surface area (Å²) in [7, 11) is 0. The van der Waals surface area contributed by atoms with Crippen molar-refractivity contribution in [1.29, 1.82) is 0 Å². The normalized spacial score (nSPS) is 16.5. The summed E-state index contributed by atoms with van der Waals surface area (Å²) < 4.78 is 2.09. The fourth-order valence-corrected chi connectivity index (χ4v) is 2.75. The topological polar surface area (TPSA) is 76.0 Å². The first-order valence-electron chi connectivity index (χ1n) is 7.76. The van der Waals surface area contributed by atoms with E-state index in [4.69, 9.17) is 0 Å². The van der Waals surface area contributed by atoms with Gasteiger partial charge < -0.3 is 15.2 Å². The molecule has 2 heterocycles. The Hall–Kier alpha value is -2.63. The Kier molecular flexibility index (Phi) is 4.41. The summed E-state index contributed by atoms with van der Waals surface area (Å²) in [6, 6.07) is 7.43. The van der Waals surface area contributed by atoms with E-state index in [0.717, 1.165) is 30.8 Å². The molecule has 1 aromatic heterocycles. The highest BCUT2D eigenvalue weighted by molar-refractivity contribution is 5.94. The summed E-state index contributed by atoms with van der Waals surface area (Å²) in [4.78, 5) is 27.5. The van der Waals surface area contributed by atoms with E-state index >= 15 is 0 Å². The molecule has 1 aliphatic heterocycles. The Balaban J connectivity index is 1.57. The lowest BCUT2D eigenvalue weighted by molar-refractivity contribution is -0.119. The molecule has 0 fully saturated rings. The Morgan fingerprint density at radius 1 is 1.30 bits per heavy atom. The molecule has 0 bridgehead atoms. The van der Waals surface area contributed by atoms with Crippen LogP contribution in [0.5, 0.6) is 0 Å². The minimum Gasteiger partial charge on any atom is -0.352 e. The van der Waals surface area contributed by atoms with Crippen LogP contribution in [0, 0.1) is 0 Å². The zero-order valence-corrected chi connectivity index (χ0v) is 13.1. The van der Waals surface area contributed by atoms with Crippen LogP contribution >= 0.6 is 0 Å². The van der Waals surface area contributed by atoms with Gasteiger partial charge in [-0.3, -0.25) is 9.59 Å². The molecule has 2 aromatic rings. The van der Waals surface area contributed by atoms with Crippen LogP contribution in [0.15, 0.2) is 36.7 Å². The monoisotopic (exact) mass is 312 g/mol. The summed E-state index contributed by atoms with van der Waals surface area (Å²) in [6.07, 6.45) is 5.54. The van der Waals surface area contributed by atoms with E-state index in [1.165, 1.54) is 6.92 Å². The van der Waals surface area contributed by atoms with E-state index < -0.39 is 0 Å². The van der Waals surface area contributed by atoms with Crippen molar-refractivity contribution in [2.75, 3.05) is 0 Å². The fraction of sp³-hybridized carbons (Fsp3) is 0.353. The number of benzene rings is 1. The summed E-state index contributed by atoms with van der Waals surface area (Å²) in [6.45, 7) is 2.72. The van der Waals surface area contributed by atoms with Crippen molar-refractivity contribution >= 4 is 11.8 Å². The molecule has 1 aliphatic rings. The number of carbonyl (C=O) groups is 2. The Morgan fingerprint density at radius 3 is 2.83 bits per heavy atom. The van der Waals surface area contributed by atoms with Gasteiger partial charge in [0.15, 0.2) is 0 Å². The minimum absolute atomic E-state index is 0.0651. The summed E-state index contributed by atoms with van der Waals surface area (Å²) in [5.41, 5.74) is 1.60. The second kappa shape index (κ2) is 6.64. The number of hydrogen-bond acceptors (Lipinski definition) is 3. The van der Waals surface area contributed by atoms with Crippen molar-refractivity contribution in [1.82, 2.24) is 20.2 Å². The summed E-state index contributed by atoms with van der Waals surface area (Å²) in [5, 5.41) is 5.81. The molecular weight excluding hydrogens is 292 g/mol. The molecule has 6 nitrogen and oxygen atoms in total. The van der Waals surface area contributed by atoms with Crippen molar-refractivity contribution in [3.05, 3.63) is 53.6 Å². The number of nitrogens with zero attached hydrogens (tertiary/aromatic N) is 2. The second-order valence-corrected chi connectivity index (χ2v) is 5.81. The maximum Gasteiger partial charge on any atom is 0.251 e. The lowest BCUT2D eigenvalue weighted by Gasteiger charge is -2.24. The molecule has 1 atom stereocenters. The fourth-order valence-electron chi connectivity index (χ4n) is 2.75. The quantitative estimate of drug-likeness (QED) is 0.892. The maximum absolute atomic E-state index is 12.3. The summed E-state index contributed by atoms with van der Waals surface area (Å²) >= 11 is 0. The van der Waals surface area contributed by atoms with Crippen molar-refractivity contribution in [2.45, 2.75) is 38.9 Å². The number of aryl methyl sites for hydroxylation is 1. The van der Waals surface area contributed by atoms with Gasteiger partial charge in [-0.25, -0.2) is 4.98 Å². The number of amides is 2. The zero-order chi connectivity index (χ0) is 16.2. The number of aromatic nitrogens is 2. The number of nitrogens with one attached hydrogen (secondary N) is 2. The van der Waals surface area contributed by atoms with Gasteiger partial charge in [0.1, 0.15) is 5.82 Å². The molecule has 3 rings (SSSR count). The first kappa shape index (κ1) is 15.3. The lowest BCUT2D eigenvalue weighted by atomic mass is 10.1. The van der Waals surface area contributed by atoms with Crippen LogP contribution in [-0.4, -0.2) is 27.4 Å². The van der Waals surface area contributed by atoms with Crippen LogP contribution in [0.3, 0.4) is 0 Å². The zero-order valence-electron chi connectivity index (χ0n) is 13.1. The number of fused-ring (bicyclic) bond motifs is 1. The maximum atomic E-state index is 12.3. The Morgan fingerprint density at radius 2 is 2.09 bits per heavy atom. The van der Waals surface area contributed by atoms with E-state index in [1.807, 2.05) is 18.3 Å². The van der Waals surface area contributed by atoms with E-state index in [0.29, 0.717) is 12.1 Å². The lowest BCUT2D eigenvalue weighted by Crippen LogP contribution is -2.40. The number of hydrogen-bond donors (Lipinski definition) is 2. The second-order valence-electron chi connectivity index (χ2n) is 5.81.